The average molecular weight is 387 g/mol. The van der Waals surface area contributed by atoms with Gasteiger partial charge >= 0.3 is 0 Å². The Hall–Kier alpha value is -1.14. The van der Waals surface area contributed by atoms with Crippen LogP contribution in [-0.4, -0.2) is 16.5 Å². The molecule has 0 spiro atoms. The molecule has 2 rings (SSSR count). The summed E-state index contributed by atoms with van der Waals surface area (Å²) in [5.41, 5.74) is 0. The van der Waals surface area contributed by atoms with Crippen LogP contribution in [0.4, 0.5) is 5.95 Å². The summed E-state index contributed by atoms with van der Waals surface area (Å²) < 4.78 is 7.45. The van der Waals surface area contributed by atoms with Crippen molar-refractivity contribution in [2.45, 2.75) is 13.3 Å². The maximum absolute atomic E-state index is 5.73. The summed E-state index contributed by atoms with van der Waals surface area (Å²) in [6.07, 6.45) is 2.70. The van der Waals surface area contributed by atoms with Crippen molar-refractivity contribution in [3.05, 3.63) is 39.4 Å². The molecule has 0 amide bonds. The number of anilines is 1. The SMILES string of the molecule is CCCNc1ncc(Br)c(Oc2ccc(Br)cc2)n1. The van der Waals surface area contributed by atoms with E-state index in [4.69, 9.17) is 4.74 Å². The van der Waals surface area contributed by atoms with Crippen LogP contribution in [0.1, 0.15) is 13.3 Å². The minimum Gasteiger partial charge on any atom is -0.438 e. The molecule has 0 fully saturated rings. The lowest BCUT2D eigenvalue weighted by molar-refractivity contribution is 0.459. The van der Waals surface area contributed by atoms with Gasteiger partial charge in [-0.25, -0.2) is 4.98 Å². The summed E-state index contributed by atoms with van der Waals surface area (Å²) in [6, 6.07) is 7.58. The third kappa shape index (κ3) is 4.18. The predicted octanol–water partition coefficient (Wildman–Crippen LogP) is 4.62. The molecule has 0 unspecified atom stereocenters. The highest BCUT2D eigenvalue weighted by Crippen LogP contribution is 2.28. The Morgan fingerprint density at radius 3 is 2.63 bits per heavy atom. The fourth-order valence-corrected chi connectivity index (χ4v) is 1.90. The number of hydrogen-bond donors (Lipinski definition) is 1. The number of hydrogen-bond acceptors (Lipinski definition) is 4. The molecule has 0 aliphatic carbocycles. The van der Waals surface area contributed by atoms with Crippen molar-refractivity contribution in [3.63, 3.8) is 0 Å². The molecule has 1 aromatic heterocycles. The Bertz CT molecular complexity index is 546. The highest BCUT2D eigenvalue weighted by molar-refractivity contribution is 9.10. The fraction of sp³-hybridized carbons (Fsp3) is 0.231. The molecule has 0 aliphatic heterocycles. The molecule has 0 saturated carbocycles. The minimum absolute atomic E-state index is 0.496. The second-order valence-electron chi connectivity index (χ2n) is 3.83. The number of nitrogens with zero attached hydrogens (tertiary/aromatic N) is 2. The summed E-state index contributed by atoms with van der Waals surface area (Å²) in [6.45, 7) is 2.92. The number of benzene rings is 1. The zero-order valence-corrected chi connectivity index (χ0v) is 13.5. The van der Waals surface area contributed by atoms with Crippen molar-refractivity contribution in [2.24, 2.45) is 0 Å². The van der Waals surface area contributed by atoms with E-state index in [2.05, 4.69) is 54.1 Å². The summed E-state index contributed by atoms with van der Waals surface area (Å²) in [7, 11) is 0. The molecule has 0 aliphatic rings. The second kappa shape index (κ2) is 6.86. The van der Waals surface area contributed by atoms with Gasteiger partial charge in [-0.1, -0.05) is 22.9 Å². The topological polar surface area (TPSA) is 47.0 Å². The largest absolute Gasteiger partial charge is 0.438 e. The van der Waals surface area contributed by atoms with Crippen LogP contribution in [0.5, 0.6) is 11.6 Å². The van der Waals surface area contributed by atoms with Crippen LogP contribution in [0, 0.1) is 0 Å². The molecule has 0 saturated heterocycles. The lowest BCUT2D eigenvalue weighted by atomic mass is 10.3. The Morgan fingerprint density at radius 2 is 1.95 bits per heavy atom. The maximum atomic E-state index is 5.73. The van der Waals surface area contributed by atoms with Gasteiger partial charge in [-0.05, 0) is 46.6 Å². The highest BCUT2D eigenvalue weighted by atomic mass is 79.9. The van der Waals surface area contributed by atoms with Crippen molar-refractivity contribution in [1.82, 2.24) is 9.97 Å². The monoisotopic (exact) mass is 385 g/mol. The first-order valence-corrected chi connectivity index (χ1v) is 7.47. The first kappa shape index (κ1) is 14.3. The summed E-state index contributed by atoms with van der Waals surface area (Å²) in [5, 5.41) is 3.13. The molecular weight excluding hydrogens is 374 g/mol. The van der Waals surface area contributed by atoms with Crippen LogP contribution >= 0.6 is 31.9 Å². The van der Waals surface area contributed by atoms with E-state index < -0.39 is 0 Å². The van der Waals surface area contributed by atoms with Crippen molar-refractivity contribution in [1.29, 1.82) is 0 Å². The predicted molar refractivity (Wildman–Crippen MR) is 82.7 cm³/mol. The Kier molecular flexibility index (Phi) is 5.15. The molecule has 0 bridgehead atoms. The minimum atomic E-state index is 0.496. The van der Waals surface area contributed by atoms with Crippen LogP contribution in [0.15, 0.2) is 39.4 Å². The van der Waals surface area contributed by atoms with Crippen LogP contribution in [0.2, 0.25) is 0 Å². The molecule has 0 atom stereocenters. The van der Waals surface area contributed by atoms with E-state index in [1.54, 1.807) is 6.20 Å². The Balaban J connectivity index is 2.16. The quantitative estimate of drug-likeness (QED) is 0.814. The third-order valence-corrected chi connectivity index (χ3v) is 3.35. The van der Waals surface area contributed by atoms with Gasteiger partial charge in [0, 0.05) is 11.0 Å². The number of nitrogens with one attached hydrogen (secondary N) is 1. The molecule has 1 N–H and O–H groups in total. The lowest BCUT2D eigenvalue weighted by Crippen LogP contribution is -2.04. The number of aromatic nitrogens is 2. The summed E-state index contributed by atoms with van der Waals surface area (Å²) in [5.74, 6) is 1.79. The van der Waals surface area contributed by atoms with Gasteiger partial charge in [-0.15, -0.1) is 0 Å². The average Bonchev–Trinajstić information content (AvgIpc) is 2.42. The van der Waals surface area contributed by atoms with Crippen LogP contribution in [0.25, 0.3) is 0 Å². The van der Waals surface area contributed by atoms with Gasteiger partial charge < -0.3 is 10.1 Å². The van der Waals surface area contributed by atoms with Gasteiger partial charge in [-0.2, -0.15) is 4.98 Å². The Morgan fingerprint density at radius 1 is 1.21 bits per heavy atom. The molecule has 2 aromatic rings. The molecular formula is C13H13Br2N3O. The van der Waals surface area contributed by atoms with E-state index in [-0.39, 0.29) is 0 Å². The summed E-state index contributed by atoms with van der Waals surface area (Å²) >= 11 is 6.77. The van der Waals surface area contributed by atoms with E-state index in [1.807, 2.05) is 24.3 Å². The van der Waals surface area contributed by atoms with Crippen molar-refractivity contribution in [2.75, 3.05) is 11.9 Å². The van der Waals surface area contributed by atoms with Crippen LogP contribution in [0.3, 0.4) is 0 Å². The van der Waals surface area contributed by atoms with E-state index in [0.717, 1.165) is 27.7 Å². The molecule has 1 aromatic carbocycles. The maximum Gasteiger partial charge on any atom is 0.238 e. The molecule has 1 heterocycles. The van der Waals surface area contributed by atoms with Crippen molar-refractivity contribution in [3.8, 4) is 11.6 Å². The first-order valence-electron chi connectivity index (χ1n) is 5.89. The lowest BCUT2D eigenvalue weighted by Gasteiger charge is -2.09. The van der Waals surface area contributed by atoms with Gasteiger partial charge in [0.1, 0.15) is 5.75 Å². The van der Waals surface area contributed by atoms with E-state index in [9.17, 15) is 0 Å². The molecule has 100 valence electrons. The molecule has 19 heavy (non-hydrogen) atoms. The zero-order chi connectivity index (χ0) is 13.7. The van der Waals surface area contributed by atoms with Gasteiger partial charge in [0.15, 0.2) is 0 Å². The Labute approximate surface area is 128 Å². The van der Waals surface area contributed by atoms with Crippen LogP contribution < -0.4 is 10.1 Å². The number of ether oxygens (including phenoxy) is 1. The zero-order valence-electron chi connectivity index (χ0n) is 10.4. The van der Waals surface area contributed by atoms with Gasteiger partial charge in [0.2, 0.25) is 11.8 Å². The van der Waals surface area contributed by atoms with Crippen LogP contribution in [-0.2, 0) is 0 Å². The molecule has 4 nitrogen and oxygen atoms in total. The van der Waals surface area contributed by atoms with Gasteiger partial charge in [-0.3, -0.25) is 0 Å². The standard InChI is InChI=1S/C13H13Br2N3O/c1-2-7-16-13-17-8-11(15)12(18-13)19-10-5-3-9(14)4-6-10/h3-6,8H,2,7H2,1H3,(H,16,17,18). The van der Waals surface area contributed by atoms with Crippen molar-refractivity contribution < 1.29 is 4.74 Å². The molecule has 0 radical (unpaired) electrons. The van der Waals surface area contributed by atoms with E-state index in [0.29, 0.717) is 11.8 Å². The number of halogens is 2. The normalized spacial score (nSPS) is 10.3. The highest BCUT2D eigenvalue weighted by Gasteiger charge is 2.07. The molecule has 6 heteroatoms. The van der Waals surface area contributed by atoms with Gasteiger partial charge in [0.05, 0.1) is 10.7 Å². The second-order valence-corrected chi connectivity index (χ2v) is 5.60. The third-order valence-electron chi connectivity index (χ3n) is 2.27. The summed E-state index contributed by atoms with van der Waals surface area (Å²) in [4.78, 5) is 8.50. The van der Waals surface area contributed by atoms with Gasteiger partial charge in [0.25, 0.3) is 0 Å². The number of rotatable bonds is 5. The fourth-order valence-electron chi connectivity index (χ4n) is 1.36. The van der Waals surface area contributed by atoms with Crippen molar-refractivity contribution >= 4 is 37.8 Å². The van der Waals surface area contributed by atoms with E-state index in [1.165, 1.54) is 0 Å². The first-order chi connectivity index (χ1) is 9.19. The van der Waals surface area contributed by atoms with E-state index >= 15 is 0 Å². The smallest absolute Gasteiger partial charge is 0.238 e.